The van der Waals surface area contributed by atoms with E-state index in [2.05, 4.69) is 0 Å². The number of hydrogen-bond acceptors (Lipinski definition) is 1. The van der Waals surface area contributed by atoms with Gasteiger partial charge in [-0.3, -0.25) is 0 Å². The molecule has 0 spiro atoms. The minimum atomic E-state index is -0.605. The first-order valence-corrected chi connectivity index (χ1v) is 5.94. The molecular formula is C13H13ClF2O. The number of rotatable bonds is 2. The second-order valence-corrected chi connectivity index (χ2v) is 4.98. The maximum atomic E-state index is 12.9. The Morgan fingerprint density at radius 2 is 1.82 bits per heavy atom. The van der Waals surface area contributed by atoms with Gasteiger partial charge in [-0.15, -0.1) is 11.6 Å². The molecule has 0 heterocycles. The second kappa shape index (κ2) is 5.15. The molecule has 0 unspecified atom stereocenters. The van der Waals surface area contributed by atoms with Crippen molar-refractivity contribution in [2.75, 3.05) is 0 Å². The fraction of sp³-hybridized carbons (Fsp3) is 0.385. The van der Waals surface area contributed by atoms with Crippen molar-refractivity contribution in [1.82, 2.24) is 0 Å². The average molecular weight is 259 g/mol. The van der Waals surface area contributed by atoms with Crippen LogP contribution in [0.25, 0.3) is 6.08 Å². The van der Waals surface area contributed by atoms with Crippen LogP contribution in [0.4, 0.5) is 8.78 Å². The zero-order valence-corrected chi connectivity index (χ0v) is 9.87. The van der Waals surface area contributed by atoms with Crippen molar-refractivity contribution in [2.45, 2.75) is 24.3 Å². The SMILES string of the molecule is O[C@@H]1C[C@@H](Cl)C[C@H]1/C=C/c1cc(F)cc(F)c1. The molecule has 1 fully saturated rings. The lowest BCUT2D eigenvalue weighted by Gasteiger charge is -2.07. The Bertz CT molecular complexity index is 413. The molecule has 1 N–H and O–H groups in total. The highest BCUT2D eigenvalue weighted by Gasteiger charge is 2.29. The lowest BCUT2D eigenvalue weighted by Crippen LogP contribution is -2.09. The third-order valence-electron chi connectivity index (χ3n) is 2.94. The molecule has 92 valence electrons. The summed E-state index contributed by atoms with van der Waals surface area (Å²) in [4.78, 5) is 0. The molecule has 0 saturated heterocycles. The largest absolute Gasteiger partial charge is 0.392 e. The Kier molecular flexibility index (Phi) is 3.79. The van der Waals surface area contributed by atoms with E-state index in [9.17, 15) is 13.9 Å². The van der Waals surface area contributed by atoms with Gasteiger partial charge in [0.1, 0.15) is 11.6 Å². The van der Waals surface area contributed by atoms with Crippen LogP contribution in [0, 0.1) is 17.6 Å². The van der Waals surface area contributed by atoms with Crippen LogP contribution >= 0.6 is 11.6 Å². The van der Waals surface area contributed by atoms with Gasteiger partial charge in [-0.25, -0.2) is 8.78 Å². The highest BCUT2D eigenvalue weighted by atomic mass is 35.5. The van der Waals surface area contributed by atoms with Crippen LogP contribution in [0.5, 0.6) is 0 Å². The summed E-state index contributed by atoms with van der Waals surface area (Å²) in [6.07, 6.45) is 4.17. The normalized spacial score (nSPS) is 29.1. The molecule has 1 aliphatic rings. The van der Waals surface area contributed by atoms with Crippen LogP contribution in [0.15, 0.2) is 24.3 Å². The van der Waals surface area contributed by atoms with Crippen LogP contribution in [-0.4, -0.2) is 16.6 Å². The molecule has 0 aromatic heterocycles. The van der Waals surface area contributed by atoms with Gasteiger partial charge in [-0.1, -0.05) is 12.2 Å². The van der Waals surface area contributed by atoms with E-state index in [4.69, 9.17) is 11.6 Å². The molecule has 1 aromatic carbocycles. The average Bonchev–Trinajstić information content (AvgIpc) is 2.53. The lowest BCUT2D eigenvalue weighted by molar-refractivity contribution is 0.153. The van der Waals surface area contributed by atoms with Gasteiger partial charge in [0, 0.05) is 17.4 Å². The van der Waals surface area contributed by atoms with E-state index in [1.54, 1.807) is 12.2 Å². The standard InChI is InChI=1S/C13H13ClF2O/c14-10-5-9(13(17)6-10)2-1-8-3-11(15)7-12(16)4-8/h1-4,7,9-10,13,17H,5-6H2/b2-1+/t9-,10+,13-/m1/s1. The van der Waals surface area contributed by atoms with Gasteiger partial charge in [-0.2, -0.15) is 0 Å². The van der Waals surface area contributed by atoms with E-state index in [-0.39, 0.29) is 11.3 Å². The summed E-state index contributed by atoms with van der Waals surface area (Å²) in [5.41, 5.74) is 0.452. The van der Waals surface area contributed by atoms with Crippen molar-refractivity contribution >= 4 is 17.7 Å². The number of alkyl halides is 1. The van der Waals surface area contributed by atoms with E-state index in [1.165, 1.54) is 12.1 Å². The van der Waals surface area contributed by atoms with Crippen LogP contribution in [0.2, 0.25) is 0 Å². The smallest absolute Gasteiger partial charge is 0.126 e. The number of aliphatic hydroxyl groups is 1. The Morgan fingerprint density at radius 1 is 1.18 bits per heavy atom. The zero-order valence-electron chi connectivity index (χ0n) is 9.11. The highest BCUT2D eigenvalue weighted by Crippen LogP contribution is 2.31. The fourth-order valence-electron chi connectivity index (χ4n) is 2.10. The van der Waals surface area contributed by atoms with Crippen molar-refractivity contribution in [3.63, 3.8) is 0 Å². The second-order valence-electron chi connectivity index (χ2n) is 4.36. The first kappa shape index (κ1) is 12.5. The van der Waals surface area contributed by atoms with E-state index in [0.29, 0.717) is 18.4 Å². The van der Waals surface area contributed by atoms with Crippen LogP contribution in [-0.2, 0) is 0 Å². The Hall–Kier alpha value is -0.930. The lowest BCUT2D eigenvalue weighted by atomic mass is 10.0. The fourth-order valence-corrected chi connectivity index (χ4v) is 2.49. The van der Waals surface area contributed by atoms with Gasteiger partial charge in [0.15, 0.2) is 0 Å². The van der Waals surface area contributed by atoms with Gasteiger partial charge in [0.2, 0.25) is 0 Å². The first-order chi connectivity index (χ1) is 8.04. The van der Waals surface area contributed by atoms with E-state index < -0.39 is 17.7 Å². The molecule has 0 amide bonds. The van der Waals surface area contributed by atoms with Gasteiger partial charge < -0.3 is 5.11 Å². The van der Waals surface area contributed by atoms with E-state index >= 15 is 0 Å². The molecule has 1 saturated carbocycles. The summed E-state index contributed by atoms with van der Waals surface area (Å²) >= 11 is 5.92. The van der Waals surface area contributed by atoms with Crippen molar-refractivity contribution in [1.29, 1.82) is 0 Å². The molecule has 3 atom stereocenters. The Morgan fingerprint density at radius 3 is 2.35 bits per heavy atom. The topological polar surface area (TPSA) is 20.2 Å². The highest BCUT2D eigenvalue weighted by molar-refractivity contribution is 6.20. The maximum absolute atomic E-state index is 12.9. The molecule has 2 rings (SSSR count). The van der Waals surface area contributed by atoms with Gasteiger partial charge in [-0.05, 0) is 30.5 Å². The molecule has 0 aliphatic heterocycles. The third kappa shape index (κ3) is 3.27. The number of halogens is 3. The number of aliphatic hydroxyl groups excluding tert-OH is 1. The van der Waals surface area contributed by atoms with Crippen LogP contribution in [0.1, 0.15) is 18.4 Å². The van der Waals surface area contributed by atoms with Crippen LogP contribution in [0.3, 0.4) is 0 Å². The zero-order chi connectivity index (χ0) is 12.4. The molecule has 0 radical (unpaired) electrons. The Balaban J connectivity index is 2.09. The summed E-state index contributed by atoms with van der Waals surface area (Å²) in [7, 11) is 0. The maximum Gasteiger partial charge on any atom is 0.126 e. The van der Waals surface area contributed by atoms with Crippen molar-refractivity contribution < 1.29 is 13.9 Å². The predicted octanol–water partition coefficient (Wildman–Crippen LogP) is 3.36. The summed E-state index contributed by atoms with van der Waals surface area (Å²) in [6, 6.07) is 3.33. The molecule has 4 heteroatoms. The molecule has 17 heavy (non-hydrogen) atoms. The quantitative estimate of drug-likeness (QED) is 0.807. The minimum Gasteiger partial charge on any atom is -0.392 e. The molecule has 1 nitrogen and oxygen atoms in total. The van der Waals surface area contributed by atoms with Gasteiger partial charge in [0.05, 0.1) is 6.10 Å². The van der Waals surface area contributed by atoms with Gasteiger partial charge in [0.25, 0.3) is 0 Å². The molecule has 0 bridgehead atoms. The number of benzene rings is 1. The third-order valence-corrected chi connectivity index (χ3v) is 3.30. The van der Waals surface area contributed by atoms with Crippen LogP contribution < -0.4 is 0 Å². The molecule has 1 aromatic rings. The minimum absolute atomic E-state index is 0.0242. The van der Waals surface area contributed by atoms with E-state index in [0.717, 1.165) is 6.07 Å². The van der Waals surface area contributed by atoms with E-state index in [1.807, 2.05) is 0 Å². The monoisotopic (exact) mass is 258 g/mol. The summed E-state index contributed by atoms with van der Waals surface area (Å²) in [6.45, 7) is 0. The number of hydrogen-bond donors (Lipinski definition) is 1. The molecular weight excluding hydrogens is 246 g/mol. The molecule has 1 aliphatic carbocycles. The van der Waals surface area contributed by atoms with Crippen molar-refractivity contribution in [3.8, 4) is 0 Å². The summed E-state index contributed by atoms with van der Waals surface area (Å²) < 4.78 is 25.8. The van der Waals surface area contributed by atoms with Crippen molar-refractivity contribution in [2.24, 2.45) is 5.92 Å². The van der Waals surface area contributed by atoms with Gasteiger partial charge >= 0.3 is 0 Å². The first-order valence-electron chi connectivity index (χ1n) is 5.51. The van der Waals surface area contributed by atoms with Crippen molar-refractivity contribution in [3.05, 3.63) is 41.5 Å². The Labute approximate surface area is 104 Å². The predicted molar refractivity (Wildman–Crippen MR) is 63.8 cm³/mol. The summed E-state index contributed by atoms with van der Waals surface area (Å²) in [5.74, 6) is -1.25. The summed E-state index contributed by atoms with van der Waals surface area (Å²) in [5, 5.41) is 9.64.